The molecule has 0 unspecified atom stereocenters. The lowest BCUT2D eigenvalue weighted by Crippen LogP contribution is -2.13. The summed E-state index contributed by atoms with van der Waals surface area (Å²) < 4.78 is 6.95. The second-order valence-electron chi connectivity index (χ2n) is 3.14. The zero-order valence-corrected chi connectivity index (χ0v) is 9.92. The molecule has 0 fully saturated rings. The molecule has 2 rings (SSSR count). The minimum atomic E-state index is -0.491. The van der Waals surface area contributed by atoms with Gasteiger partial charge in [-0.3, -0.25) is 0 Å². The first-order valence-corrected chi connectivity index (χ1v) is 5.46. The highest BCUT2D eigenvalue weighted by atomic mass is 79.9. The van der Waals surface area contributed by atoms with Crippen molar-refractivity contribution in [3.8, 4) is 0 Å². The summed E-state index contributed by atoms with van der Waals surface area (Å²) in [5, 5.41) is 3.82. The summed E-state index contributed by atoms with van der Waals surface area (Å²) >= 11 is 3.21. The number of ether oxygens (including phenoxy) is 1. The van der Waals surface area contributed by atoms with Crippen LogP contribution in [0.2, 0.25) is 0 Å². The third-order valence-electron chi connectivity index (χ3n) is 1.94. The van der Waals surface area contributed by atoms with Gasteiger partial charge in [0.05, 0.1) is 16.9 Å². The largest absolute Gasteiger partial charge is 0.443 e. The first-order valence-electron chi connectivity index (χ1n) is 4.67. The second kappa shape index (κ2) is 4.94. The van der Waals surface area contributed by atoms with Crippen LogP contribution in [0, 0.1) is 0 Å². The molecule has 4 nitrogen and oxygen atoms in total. The SMILES string of the molecule is O=C(OCc1ccccc1)n1cc(Br)cn1. The maximum Gasteiger partial charge on any atom is 0.435 e. The number of carbonyl (C=O) groups is 1. The van der Waals surface area contributed by atoms with E-state index in [-0.39, 0.29) is 6.61 Å². The Labute approximate surface area is 101 Å². The number of hydrogen-bond acceptors (Lipinski definition) is 3. The van der Waals surface area contributed by atoms with Gasteiger partial charge in [-0.2, -0.15) is 9.78 Å². The van der Waals surface area contributed by atoms with Crippen molar-refractivity contribution < 1.29 is 9.53 Å². The van der Waals surface area contributed by atoms with Crippen LogP contribution in [0.5, 0.6) is 0 Å². The van der Waals surface area contributed by atoms with Gasteiger partial charge < -0.3 is 4.74 Å². The Balaban J connectivity index is 1.94. The predicted octanol–water partition coefficient (Wildman–Crippen LogP) is 2.83. The molecule has 5 heteroatoms. The van der Waals surface area contributed by atoms with E-state index in [0.29, 0.717) is 0 Å². The van der Waals surface area contributed by atoms with Crippen LogP contribution in [0.15, 0.2) is 47.2 Å². The highest BCUT2D eigenvalue weighted by Gasteiger charge is 2.07. The maximum absolute atomic E-state index is 11.5. The molecule has 82 valence electrons. The molecule has 16 heavy (non-hydrogen) atoms. The molecule has 1 aromatic heterocycles. The van der Waals surface area contributed by atoms with Gasteiger partial charge >= 0.3 is 6.09 Å². The van der Waals surface area contributed by atoms with Gasteiger partial charge in [-0.1, -0.05) is 30.3 Å². The first kappa shape index (κ1) is 10.9. The lowest BCUT2D eigenvalue weighted by molar-refractivity contribution is 0.138. The molecule has 0 atom stereocenters. The summed E-state index contributed by atoms with van der Waals surface area (Å²) in [7, 11) is 0. The highest BCUT2D eigenvalue weighted by molar-refractivity contribution is 9.10. The van der Waals surface area contributed by atoms with Crippen molar-refractivity contribution in [1.29, 1.82) is 0 Å². The summed E-state index contributed by atoms with van der Waals surface area (Å²) in [4.78, 5) is 11.5. The van der Waals surface area contributed by atoms with Crippen LogP contribution in [-0.2, 0) is 11.3 Å². The van der Waals surface area contributed by atoms with Crippen molar-refractivity contribution >= 4 is 22.0 Å². The lowest BCUT2D eigenvalue weighted by atomic mass is 10.2. The number of rotatable bonds is 2. The van der Waals surface area contributed by atoms with Crippen LogP contribution in [0.3, 0.4) is 0 Å². The molecule has 0 N–H and O–H groups in total. The molecule has 0 saturated heterocycles. The fourth-order valence-electron chi connectivity index (χ4n) is 1.19. The van der Waals surface area contributed by atoms with Crippen LogP contribution < -0.4 is 0 Å². The third kappa shape index (κ3) is 2.70. The molecule has 1 heterocycles. The van der Waals surface area contributed by atoms with Crippen molar-refractivity contribution in [2.24, 2.45) is 0 Å². The van der Waals surface area contributed by atoms with Gasteiger partial charge in [0, 0.05) is 0 Å². The van der Waals surface area contributed by atoms with Crippen LogP contribution in [0.25, 0.3) is 0 Å². The van der Waals surface area contributed by atoms with Gasteiger partial charge in [0.1, 0.15) is 6.61 Å². The molecule has 0 aliphatic carbocycles. The van der Waals surface area contributed by atoms with E-state index in [1.165, 1.54) is 6.20 Å². The molecule has 0 aliphatic heterocycles. The smallest absolute Gasteiger partial charge is 0.435 e. The lowest BCUT2D eigenvalue weighted by Gasteiger charge is -2.03. The van der Waals surface area contributed by atoms with Gasteiger partial charge in [-0.05, 0) is 21.5 Å². The van der Waals surface area contributed by atoms with Crippen molar-refractivity contribution in [3.05, 3.63) is 52.8 Å². The van der Waals surface area contributed by atoms with Crippen molar-refractivity contribution in [2.45, 2.75) is 6.61 Å². The van der Waals surface area contributed by atoms with Gasteiger partial charge in [0.15, 0.2) is 0 Å². The second-order valence-corrected chi connectivity index (χ2v) is 4.06. The molecule has 0 saturated carbocycles. The quantitative estimate of drug-likeness (QED) is 0.850. The molecule has 1 aromatic carbocycles. The van der Waals surface area contributed by atoms with E-state index in [0.717, 1.165) is 14.7 Å². The number of benzene rings is 1. The number of hydrogen-bond donors (Lipinski definition) is 0. The summed E-state index contributed by atoms with van der Waals surface area (Å²) in [6.07, 6.45) is 2.59. The Morgan fingerprint density at radius 2 is 2.12 bits per heavy atom. The Morgan fingerprint density at radius 3 is 2.75 bits per heavy atom. The van der Waals surface area contributed by atoms with Crippen LogP contribution in [0.1, 0.15) is 5.56 Å². The fraction of sp³-hybridized carbons (Fsp3) is 0.0909. The molecule has 0 radical (unpaired) electrons. The number of halogens is 1. The molecule has 0 aliphatic rings. The van der Waals surface area contributed by atoms with E-state index >= 15 is 0 Å². The third-order valence-corrected chi connectivity index (χ3v) is 2.35. The zero-order chi connectivity index (χ0) is 11.4. The Hall–Kier alpha value is -1.62. The molecular weight excluding hydrogens is 272 g/mol. The maximum atomic E-state index is 11.5. The predicted molar refractivity (Wildman–Crippen MR) is 62.0 cm³/mol. The standard InChI is InChI=1S/C11H9BrN2O2/c12-10-6-13-14(7-10)11(15)16-8-9-4-2-1-3-5-9/h1-7H,8H2. The monoisotopic (exact) mass is 280 g/mol. The van der Waals surface area contributed by atoms with E-state index in [9.17, 15) is 4.79 Å². The minimum Gasteiger partial charge on any atom is -0.443 e. The van der Waals surface area contributed by atoms with Gasteiger partial charge in [-0.15, -0.1) is 0 Å². The van der Waals surface area contributed by atoms with Crippen LogP contribution >= 0.6 is 15.9 Å². The van der Waals surface area contributed by atoms with E-state index in [1.807, 2.05) is 30.3 Å². The van der Waals surface area contributed by atoms with E-state index in [4.69, 9.17) is 4.74 Å². The van der Waals surface area contributed by atoms with Crippen molar-refractivity contribution in [3.63, 3.8) is 0 Å². The van der Waals surface area contributed by atoms with E-state index in [1.54, 1.807) is 6.20 Å². The average Bonchev–Trinajstić information content (AvgIpc) is 2.74. The van der Waals surface area contributed by atoms with Gasteiger partial charge in [0.25, 0.3) is 0 Å². The number of aromatic nitrogens is 2. The molecule has 0 bridgehead atoms. The number of carbonyl (C=O) groups excluding carboxylic acids is 1. The minimum absolute atomic E-state index is 0.247. The van der Waals surface area contributed by atoms with E-state index < -0.39 is 6.09 Å². The Kier molecular flexibility index (Phi) is 3.36. The van der Waals surface area contributed by atoms with E-state index in [2.05, 4.69) is 21.0 Å². The summed E-state index contributed by atoms with van der Waals surface area (Å²) in [5.74, 6) is 0. The van der Waals surface area contributed by atoms with Crippen LogP contribution in [-0.4, -0.2) is 15.9 Å². The van der Waals surface area contributed by atoms with Crippen LogP contribution in [0.4, 0.5) is 4.79 Å². The molecule has 0 amide bonds. The zero-order valence-electron chi connectivity index (χ0n) is 8.34. The molecule has 0 spiro atoms. The first-order chi connectivity index (χ1) is 7.75. The summed E-state index contributed by atoms with van der Waals surface area (Å²) in [6.45, 7) is 0.247. The average molecular weight is 281 g/mol. The van der Waals surface area contributed by atoms with Crippen molar-refractivity contribution in [1.82, 2.24) is 9.78 Å². The summed E-state index contributed by atoms with van der Waals surface area (Å²) in [5.41, 5.74) is 0.946. The fourth-order valence-corrected chi connectivity index (χ4v) is 1.47. The number of nitrogens with zero attached hydrogens (tertiary/aromatic N) is 2. The Morgan fingerprint density at radius 1 is 1.38 bits per heavy atom. The topological polar surface area (TPSA) is 44.1 Å². The molecular formula is C11H9BrN2O2. The highest BCUT2D eigenvalue weighted by Crippen LogP contribution is 2.07. The van der Waals surface area contributed by atoms with Crippen molar-refractivity contribution in [2.75, 3.05) is 0 Å². The normalized spacial score (nSPS) is 10.1. The van der Waals surface area contributed by atoms with Gasteiger partial charge in [0.2, 0.25) is 0 Å². The van der Waals surface area contributed by atoms with Gasteiger partial charge in [-0.25, -0.2) is 4.79 Å². The Bertz CT molecular complexity index is 482. The molecule has 2 aromatic rings. The summed E-state index contributed by atoms with van der Waals surface area (Å²) in [6, 6.07) is 9.50.